The van der Waals surface area contributed by atoms with E-state index in [1.165, 1.54) is 56.7 Å². The molecule has 31 heavy (non-hydrogen) atoms. The molecule has 0 aromatic heterocycles. The maximum absolute atomic E-state index is 13.7. The van der Waals surface area contributed by atoms with Gasteiger partial charge >= 0.3 is 0 Å². The molecule has 0 saturated carbocycles. The molecule has 7 nitrogen and oxygen atoms in total. The number of hydrogen-bond donors (Lipinski definition) is 2. The van der Waals surface area contributed by atoms with E-state index in [2.05, 4.69) is 10.0 Å². The monoisotopic (exact) mass is 444 g/mol. The van der Waals surface area contributed by atoms with Crippen LogP contribution in [0.15, 0.2) is 71.6 Å². The average molecular weight is 444 g/mol. The van der Waals surface area contributed by atoms with E-state index in [0.29, 0.717) is 11.5 Å². The minimum atomic E-state index is -4.00. The Bertz CT molecular complexity index is 1180. The highest BCUT2D eigenvalue weighted by Crippen LogP contribution is 2.27. The van der Waals surface area contributed by atoms with Crippen molar-refractivity contribution >= 4 is 21.6 Å². The summed E-state index contributed by atoms with van der Waals surface area (Å²) in [7, 11) is -0.934. The van der Waals surface area contributed by atoms with Gasteiger partial charge in [-0.25, -0.2) is 12.8 Å². The van der Waals surface area contributed by atoms with Gasteiger partial charge in [0.2, 0.25) is 0 Å². The molecule has 0 bridgehead atoms. The van der Waals surface area contributed by atoms with Crippen molar-refractivity contribution in [3.63, 3.8) is 0 Å². The summed E-state index contributed by atoms with van der Waals surface area (Å²) in [6.45, 7) is 0.244. The van der Waals surface area contributed by atoms with Gasteiger partial charge in [0.05, 0.1) is 24.8 Å². The lowest BCUT2D eigenvalue weighted by Gasteiger charge is -2.11. The van der Waals surface area contributed by atoms with E-state index in [9.17, 15) is 17.6 Å². The van der Waals surface area contributed by atoms with Crippen LogP contribution in [0.4, 0.5) is 10.1 Å². The molecule has 0 fully saturated rings. The molecule has 0 radical (unpaired) electrons. The van der Waals surface area contributed by atoms with Gasteiger partial charge in [0.25, 0.3) is 15.9 Å². The minimum Gasteiger partial charge on any atom is -0.493 e. The standard InChI is InChI=1S/C22H21FN2O5S/c1-29-20-12-7-15(13-21(20)30-2)14-24-22(26)16-8-10-17(11-9-16)31(27,28)25-19-6-4-3-5-18(19)23/h3-13,25H,14H2,1-2H3,(H,24,26). The van der Waals surface area contributed by atoms with E-state index in [1.807, 2.05) is 0 Å². The topological polar surface area (TPSA) is 93.7 Å². The van der Waals surface area contributed by atoms with E-state index < -0.39 is 15.8 Å². The first-order chi connectivity index (χ1) is 14.8. The van der Waals surface area contributed by atoms with Gasteiger partial charge in [-0.1, -0.05) is 18.2 Å². The Morgan fingerprint density at radius 2 is 1.61 bits per heavy atom. The Hall–Kier alpha value is -3.59. The summed E-state index contributed by atoms with van der Waals surface area (Å²) in [5.74, 6) is 0.0718. The third-order valence-electron chi connectivity index (χ3n) is 4.45. The van der Waals surface area contributed by atoms with Gasteiger partial charge in [0, 0.05) is 12.1 Å². The molecular formula is C22H21FN2O5S. The summed E-state index contributed by atoms with van der Waals surface area (Å²) in [4.78, 5) is 12.3. The van der Waals surface area contributed by atoms with E-state index in [4.69, 9.17) is 9.47 Å². The van der Waals surface area contributed by atoms with Crippen LogP contribution < -0.4 is 19.5 Å². The second-order valence-corrected chi connectivity index (χ2v) is 8.16. The first-order valence-electron chi connectivity index (χ1n) is 9.20. The van der Waals surface area contributed by atoms with Crippen molar-refractivity contribution < 1.29 is 27.1 Å². The van der Waals surface area contributed by atoms with Gasteiger partial charge in [-0.15, -0.1) is 0 Å². The highest BCUT2D eigenvalue weighted by molar-refractivity contribution is 7.92. The zero-order valence-corrected chi connectivity index (χ0v) is 17.7. The molecule has 9 heteroatoms. The average Bonchev–Trinajstić information content (AvgIpc) is 2.78. The Labute approximate surface area is 179 Å². The zero-order chi connectivity index (χ0) is 22.4. The molecule has 0 spiro atoms. The molecule has 0 atom stereocenters. The number of para-hydroxylation sites is 1. The third-order valence-corrected chi connectivity index (χ3v) is 5.83. The van der Waals surface area contributed by atoms with Gasteiger partial charge in [0.15, 0.2) is 11.5 Å². The number of carbonyl (C=O) groups excluding carboxylic acids is 1. The summed E-state index contributed by atoms with van der Waals surface area (Å²) in [5.41, 5.74) is 0.934. The molecule has 0 aliphatic heterocycles. The molecule has 0 saturated heterocycles. The van der Waals surface area contributed by atoms with E-state index >= 15 is 0 Å². The van der Waals surface area contributed by atoms with E-state index in [1.54, 1.807) is 18.2 Å². The smallest absolute Gasteiger partial charge is 0.261 e. The molecule has 0 aliphatic carbocycles. The lowest BCUT2D eigenvalue weighted by molar-refractivity contribution is 0.0950. The Balaban J connectivity index is 1.67. The molecule has 3 aromatic rings. The van der Waals surface area contributed by atoms with Gasteiger partial charge < -0.3 is 14.8 Å². The van der Waals surface area contributed by atoms with Crippen molar-refractivity contribution in [3.05, 3.63) is 83.7 Å². The Morgan fingerprint density at radius 3 is 2.26 bits per heavy atom. The summed E-state index contributed by atoms with van der Waals surface area (Å²) >= 11 is 0. The largest absolute Gasteiger partial charge is 0.493 e. The number of ether oxygens (including phenoxy) is 2. The number of carbonyl (C=O) groups is 1. The number of methoxy groups -OCH3 is 2. The summed E-state index contributed by atoms with van der Waals surface area (Å²) in [6.07, 6.45) is 0. The third kappa shape index (κ3) is 5.32. The first kappa shape index (κ1) is 22.1. The maximum atomic E-state index is 13.7. The Morgan fingerprint density at radius 1 is 0.935 bits per heavy atom. The molecule has 0 aliphatic rings. The highest BCUT2D eigenvalue weighted by atomic mass is 32.2. The number of amides is 1. The fourth-order valence-electron chi connectivity index (χ4n) is 2.81. The van der Waals surface area contributed by atoms with Crippen molar-refractivity contribution in [1.82, 2.24) is 5.32 Å². The van der Waals surface area contributed by atoms with Gasteiger partial charge in [-0.05, 0) is 54.1 Å². The number of anilines is 1. The summed E-state index contributed by atoms with van der Waals surface area (Å²) in [6, 6.07) is 16.1. The second kappa shape index (κ2) is 9.48. The van der Waals surface area contributed by atoms with Gasteiger partial charge in [-0.3, -0.25) is 9.52 Å². The first-order valence-corrected chi connectivity index (χ1v) is 10.7. The lowest BCUT2D eigenvalue weighted by Crippen LogP contribution is -2.23. The van der Waals surface area contributed by atoms with Crippen molar-refractivity contribution in [2.24, 2.45) is 0 Å². The number of benzene rings is 3. The van der Waals surface area contributed by atoms with Crippen molar-refractivity contribution in [3.8, 4) is 11.5 Å². The van der Waals surface area contributed by atoms with Crippen LogP contribution in [0.5, 0.6) is 11.5 Å². The summed E-state index contributed by atoms with van der Waals surface area (Å²) in [5, 5.41) is 2.76. The van der Waals surface area contributed by atoms with E-state index in [0.717, 1.165) is 11.6 Å². The maximum Gasteiger partial charge on any atom is 0.261 e. The number of rotatable bonds is 8. The van der Waals surface area contributed by atoms with Gasteiger partial charge in [0.1, 0.15) is 5.82 Å². The highest BCUT2D eigenvalue weighted by Gasteiger charge is 2.17. The van der Waals surface area contributed by atoms with Crippen LogP contribution in [0.2, 0.25) is 0 Å². The number of halogens is 1. The zero-order valence-electron chi connectivity index (χ0n) is 16.9. The lowest BCUT2D eigenvalue weighted by atomic mass is 10.1. The predicted molar refractivity (Wildman–Crippen MR) is 114 cm³/mol. The second-order valence-electron chi connectivity index (χ2n) is 6.48. The molecule has 3 aromatic carbocycles. The van der Waals surface area contributed by atoms with Crippen LogP contribution in [0.1, 0.15) is 15.9 Å². The fraction of sp³-hybridized carbons (Fsp3) is 0.136. The number of sulfonamides is 1. The van der Waals surface area contributed by atoms with E-state index in [-0.39, 0.29) is 28.6 Å². The number of nitrogens with one attached hydrogen (secondary N) is 2. The van der Waals surface area contributed by atoms with Crippen LogP contribution in [-0.2, 0) is 16.6 Å². The molecular weight excluding hydrogens is 423 g/mol. The fourth-order valence-corrected chi connectivity index (χ4v) is 3.88. The molecule has 1 amide bonds. The Kier molecular flexibility index (Phi) is 6.76. The van der Waals surface area contributed by atoms with Crippen LogP contribution in [0.3, 0.4) is 0 Å². The van der Waals surface area contributed by atoms with Crippen LogP contribution in [0.25, 0.3) is 0 Å². The quantitative estimate of drug-likeness (QED) is 0.554. The van der Waals surface area contributed by atoms with Crippen LogP contribution >= 0.6 is 0 Å². The molecule has 0 heterocycles. The summed E-state index contributed by atoms with van der Waals surface area (Å²) < 4.78 is 51.3. The van der Waals surface area contributed by atoms with Crippen LogP contribution in [-0.4, -0.2) is 28.5 Å². The number of hydrogen-bond acceptors (Lipinski definition) is 5. The van der Waals surface area contributed by atoms with Crippen LogP contribution in [0, 0.1) is 5.82 Å². The van der Waals surface area contributed by atoms with Crippen molar-refractivity contribution in [1.29, 1.82) is 0 Å². The minimum absolute atomic E-state index is 0.0906. The normalized spacial score (nSPS) is 10.9. The molecule has 0 unspecified atom stereocenters. The molecule has 2 N–H and O–H groups in total. The van der Waals surface area contributed by atoms with Crippen molar-refractivity contribution in [2.45, 2.75) is 11.4 Å². The van der Waals surface area contributed by atoms with Crippen molar-refractivity contribution in [2.75, 3.05) is 18.9 Å². The van der Waals surface area contributed by atoms with Gasteiger partial charge in [-0.2, -0.15) is 0 Å². The molecule has 162 valence electrons. The molecule has 3 rings (SSSR count). The predicted octanol–water partition coefficient (Wildman–Crippen LogP) is 3.57. The SMILES string of the molecule is COc1ccc(CNC(=O)c2ccc(S(=O)(=O)Nc3ccccc3F)cc2)cc1OC.